The number of nitrogens with zero attached hydrogens (tertiary/aromatic N) is 1. The van der Waals surface area contributed by atoms with E-state index >= 15 is 0 Å². The van der Waals surface area contributed by atoms with Gasteiger partial charge in [-0.3, -0.25) is 9.78 Å². The first kappa shape index (κ1) is 25.2. The standard InChI is InChI=1S/C27H26ClF3N2O2/c28-23-9-6-18(7-10-23)21-12-20(17-4-2-1-3-5-17)13-22(14-21)26(35)33-24(16-34)19-8-11-25(32-15-19)27(29,30)31/h6-15,17,24,34H,1-5,16H2,(H,33,35)/t24-/m1/s1. The summed E-state index contributed by atoms with van der Waals surface area (Å²) in [6.07, 6.45) is 2.08. The Morgan fingerprint density at radius 3 is 2.34 bits per heavy atom. The number of carbonyl (C=O) groups is 1. The minimum absolute atomic E-state index is 0.287. The predicted molar refractivity (Wildman–Crippen MR) is 129 cm³/mol. The number of amides is 1. The van der Waals surface area contributed by atoms with Crippen LogP contribution in [-0.4, -0.2) is 22.6 Å². The molecular formula is C27H26ClF3N2O2. The molecule has 1 atom stereocenters. The molecule has 3 aromatic rings. The van der Waals surface area contributed by atoms with Crippen molar-refractivity contribution in [2.45, 2.75) is 50.2 Å². The molecule has 1 heterocycles. The zero-order valence-electron chi connectivity index (χ0n) is 19.0. The van der Waals surface area contributed by atoms with Crippen molar-refractivity contribution in [3.63, 3.8) is 0 Å². The van der Waals surface area contributed by atoms with Crippen molar-refractivity contribution in [3.8, 4) is 11.1 Å². The number of benzene rings is 2. The SMILES string of the molecule is O=C(N[C@H](CO)c1ccc(C(F)(F)F)nc1)c1cc(-c2ccc(Cl)cc2)cc(C2CCCCC2)c1. The van der Waals surface area contributed by atoms with E-state index in [4.69, 9.17) is 11.6 Å². The van der Waals surface area contributed by atoms with E-state index in [1.165, 1.54) is 12.5 Å². The maximum atomic E-state index is 13.2. The van der Waals surface area contributed by atoms with Crippen LogP contribution in [-0.2, 0) is 6.18 Å². The summed E-state index contributed by atoms with van der Waals surface area (Å²) in [6, 6.07) is 14.3. The summed E-state index contributed by atoms with van der Waals surface area (Å²) in [5.41, 5.74) is 2.57. The Morgan fingerprint density at radius 1 is 1.03 bits per heavy atom. The highest BCUT2D eigenvalue weighted by atomic mass is 35.5. The van der Waals surface area contributed by atoms with E-state index in [1.54, 1.807) is 18.2 Å². The average Bonchev–Trinajstić information content (AvgIpc) is 2.87. The third kappa shape index (κ3) is 6.21. The van der Waals surface area contributed by atoms with Gasteiger partial charge in [-0.15, -0.1) is 0 Å². The van der Waals surface area contributed by atoms with Crippen molar-refractivity contribution in [1.29, 1.82) is 0 Å². The molecule has 1 fully saturated rings. The van der Waals surface area contributed by atoms with Crippen LogP contribution in [0.1, 0.15) is 71.2 Å². The van der Waals surface area contributed by atoms with Crippen LogP contribution in [0.2, 0.25) is 5.02 Å². The molecule has 1 saturated carbocycles. The average molecular weight is 503 g/mol. The summed E-state index contributed by atoms with van der Waals surface area (Å²) >= 11 is 6.04. The van der Waals surface area contributed by atoms with Gasteiger partial charge in [0.2, 0.25) is 0 Å². The number of aromatic nitrogens is 1. The number of nitrogens with one attached hydrogen (secondary N) is 1. The van der Waals surface area contributed by atoms with Gasteiger partial charge >= 0.3 is 6.18 Å². The highest BCUT2D eigenvalue weighted by molar-refractivity contribution is 6.30. The highest BCUT2D eigenvalue weighted by Gasteiger charge is 2.32. The molecule has 4 rings (SSSR count). The molecule has 2 N–H and O–H groups in total. The number of alkyl halides is 3. The largest absolute Gasteiger partial charge is 0.433 e. The molecule has 0 unspecified atom stereocenters. The molecule has 184 valence electrons. The van der Waals surface area contributed by atoms with Crippen LogP contribution in [0.25, 0.3) is 11.1 Å². The normalized spacial score (nSPS) is 15.6. The van der Waals surface area contributed by atoms with Gasteiger partial charge in [0, 0.05) is 16.8 Å². The van der Waals surface area contributed by atoms with Gasteiger partial charge in [0.1, 0.15) is 5.69 Å². The molecule has 1 aromatic heterocycles. The number of pyridine rings is 1. The van der Waals surface area contributed by atoms with Crippen molar-refractivity contribution in [1.82, 2.24) is 10.3 Å². The molecule has 0 saturated heterocycles. The van der Waals surface area contributed by atoms with Gasteiger partial charge in [-0.1, -0.05) is 55.1 Å². The summed E-state index contributed by atoms with van der Waals surface area (Å²) < 4.78 is 38.5. The molecule has 0 spiro atoms. The Kier molecular flexibility index (Phi) is 7.77. The lowest BCUT2D eigenvalue weighted by Gasteiger charge is -2.24. The van der Waals surface area contributed by atoms with Crippen molar-refractivity contribution in [2.75, 3.05) is 6.61 Å². The Morgan fingerprint density at radius 2 is 1.74 bits per heavy atom. The lowest BCUT2D eigenvalue weighted by atomic mass is 9.82. The first-order valence-corrected chi connectivity index (χ1v) is 12.0. The van der Waals surface area contributed by atoms with Crippen molar-refractivity contribution < 1.29 is 23.1 Å². The maximum absolute atomic E-state index is 13.2. The Bertz CT molecular complexity index is 1160. The zero-order valence-corrected chi connectivity index (χ0v) is 19.7. The lowest BCUT2D eigenvalue weighted by molar-refractivity contribution is -0.141. The number of aliphatic hydroxyl groups excluding tert-OH is 1. The van der Waals surface area contributed by atoms with Crippen molar-refractivity contribution in [3.05, 3.63) is 88.2 Å². The molecule has 4 nitrogen and oxygen atoms in total. The number of hydrogen-bond acceptors (Lipinski definition) is 3. The number of halogens is 4. The van der Waals surface area contributed by atoms with Crippen LogP contribution in [0.15, 0.2) is 60.8 Å². The van der Waals surface area contributed by atoms with Gasteiger partial charge in [0.15, 0.2) is 0 Å². The minimum Gasteiger partial charge on any atom is -0.394 e. The third-order valence-corrected chi connectivity index (χ3v) is 6.69. The van der Waals surface area contributed by atoms with Gasteiger partial charge in [0.25, 0.3) is 5.91 Å². The molecule has 8 heteroatoms. The van der Waals surface area contributed by atoms with Crippen LogP contribution in [0.3, 0.4) is 0 Å². The first-order chi connectivity index (χ1) is 16.7. The van der Waals surface area contributed by atoms with Gasteiger partial charge in [-0.2, -0.15) is 13.2 Å². The summed E-state index contributed by atoms with van der Waals surface area (Å²) in [5, 5.41) is 13.2. The van der Waals surface area contributed by atoms with E-state index in [0.717, 1.165) is 54.6 Å². The first-order valence-electron chi connectivity index (χ1n) is 11.6. The Hall–Kier alpha value is -2.90. The number of hydrogen-bond donors (Lipinski definition) is 2. The fourth-order valence-electron chi connectivity index (χ4n) is 4.52. The molecule has 0 aliphatic heterocycles. The molecule has 2 aromatic carbocycles. The van der Waals surface area contributed by atoms with Crippen LogP contribution >= 0.6 is 11.6 Å². The molecule has 0 bridgehead atoms. The van der Waals surface area contributed by atoms with Crippen LogP contribution < -0.4 is 5.32 Å². The topological polar surface area (TPSA) is 62.2 Å². The van der Waals surface area contributed by atoms with E-state index in [9.17, 15) is 23.1 Å². The Labute approximate surface area is 207 Å². The quantitative estimate of drug-likeness (QED) is 0.384. The predicted octanol–water partition coefficient (Wildman–Crippen LogP) is 6.93. The van der Waals surface area contributed by atoms with Crippen molar-refractivity contribution in [2.24, 2.45) is 0 Å². The second-order valence-corrected chi connectivity index (χ2v) is 9.31. The van der Waals surface area contributed by atoms with E-state index in [2.05, 4.69) is 16.4 Å². The number of rotatable bonds is 6. The van der Waals surface area contributed by atoms with Crippen molar-refractivity contribution >= 4 is 17.5 Å². The Balaban J connectivity index is 1.63. The molecule has 35 heavy (non-hydrogen) atoms. The monoisotopic (exact) mass is 502 g/mol. The summed E-state index contributed by atoms with van der Waals surface area (Å²) in [4.78, 5) is 16.7. The van der Waals surface area contributed by atoms with Crippen LogP contribution in [0, 0.1) is 0 Å². The summed E-state index contributed by atoms with van der Waals surface area (Å²) in [6.45, 7) is -0.481. The lowest BCUT2D eigenvalue weighted by Crippen LogP contribution is -2.31. The van der Waals surface area contributed by atoms with Gasteiger partial charge in [-0.25, -0.2) is 0 Å². The second-order valence-electron chi connectivity index (χ2n) is 8.87. The van der Waals surface area contributed by atoms with E-state index in [-0.39, 0.29) is 5.56 Å². The van der Waals surface area contributed by atoms with Gasteiger partial charge in [-0.05, 0) is 71.3 Å². The molecule has 1 aliphatic carbocycles. The third-order valence-electron chi connectivity index (χ3n) is 6.44. The van der Waals surface area contributed by atoms with Gasteiger partial charge in [0.05, 0.1) is 12.6 Å². The highest BCUT2D eigenvalue weighted by Crippen LogP contribution is 2.36. The number of aliphatic hydroxyl groups is 1. The zero-order chi connectivity index (χ0) is 25.0. The van der Waals surface area contributed by atoms with E-state index < -0.39 is 30.4 Å². The second kappa shape index (κ2) is 10.8. The maximum Gasteiger partial charge on any atom is 0.433 e. The molecular weight excluding hydrogens is 477 g/mol. The van der Waals surface area contributed by atoms with Crippen LogP contribution in [0.5, 0.6) is 0 Å². The smallest absolute Gasteiger partial charge is 0.394 e. The molecule has 0 radical (unpaired) electrons. The molecule has 1 amide bonds. The summed E-state index contributed by atoms with van der Waals surface area (Å²) in [7, 11) is 0. The fraction of sp³-hybridized carbons (Fsp3) is 0.333. The molecule has 1 aliphatic rings. The minimum atomic E-state index is -4.56. The summed E-state index contributed by atoms with van der Waals surface area (Å²) in [5.74, 6) is -0.0628. The number of carbonyl (C=O) groups excluding carboxylic acids is 1. The van der Waals surface area contributed by atoms with Gasteiger partial charge < -0.3 is 10.4 Å². The van der Waals surface area contributed by atoms with E-state index in [1.807, 2.05) is 18.2 Å². The van der Waals surface area contributed by atoms with E-state index in [0.29, 0.717) is 16.5 Å². The van der Waals surface area contributed by atoms with Crippen LogP contribution in [0.4, 0.5) is 13.2 Å². The fourth-order valence-corrected chi connectivity index (χ4v) is 4.64.